The summed E-state index contributed by atoms with van der Waals surface area (Å²) in [5.74, 6) is -0.170. The molecule has 0 aromatic heterocycles. The van der Waals surface area contributed by atoms with E-state index in [0.717, 1.165) is 11.1 Å². The van der Waals surface area contributed by atoms with E-state index in [4.69, 9.17) is 14.6 Å². The molecule has 2 aromatic carbocycles. The van der Waals surface area contributed by atoms with Crippen LogP contribution in [0.1, 0.15) is 76.9 Å². The van der Waals surface area contributed by atoms with Crippen LogP contribution in [0, 0.1) is 0 Å². The Kier molecular flexibility index (Phi) is 6.98. The molecule has 174 valence electrons. The summed E-state index contributed by atoms with van der Waals surface area (Å²) >= 11 is 0. The van der Waals surface area contributed by atoms with Crippen LogP contribution in [0.2, 0.25) is 0 Å². The minimum Gasteiger partial charge on any atom is -0.507 e. The van der Waals surface area contributed by atoms with Gasteiger partial charge in [-0.15, -0.1) is 0 Å². The lowest BCUT2D eigenvalue weighted by molar-refractivity contribution is -0.152. The summed E-state index contributed by atoms with van der Waals surface area (Å²) in [6.07, 6.45) is 0. The van der Waals surface area contributed by atoms with Crippen molar-refractivity contribution in [3.8, 4) is 17.2 Å². The first-order valence-electron chi connectivity index (χ1n) is 10.6. The highest BCUT2D eigenvalue weighted by Gasteiger charge is 2.29. The number of carbonyl (C=O) groups excluding carboxylic acids is 1. The van der Waals surface area contributed by atoms with E-state index in [1.54, 1.807) is 36.4 Å². The van der Waals surface area contributed by atoms with Crippen molar-refractivity contribution in [3.63, 3.8) is 0 Å². The number of carboxylic acid groups (broad SMARTS) is 1. The molecule has 0 saturated carbocycles. The Labute approximate surface area is 190 Å². The van der Waals surface area contributed by atoms with Gasteiger partial charge in [-0.3, -0.25) is 4.79 Å². The van der Waals surface area contributed by atoms with Crippen LogP contribution in [0.4, 0.5) is 0 Å². The second-order valence-corrected chi connectivity index (χ2v) is 10.5. The largest absolute Gasteiger partial charge is 0.507 e. The maximum atomic E-state index is 12.6. The quantitative estimate of drug-likeness (QED) is 0.551. The van der Waals surface area contributed by atoms with Gasteiger partial charge in [0.2, 0.25) is 0 Å². The maximum absolute atomic E-state index is 12.6. The van der Waals surface area contributed by atoms with Crippen LogP contribution in [-0.2, 0) is 15.6 Å². The average molecular weight is 443 g/mol. The number of benzene rings is 2. The smallest absolute Gasteiger partial charge is 0.347 e. The fourth-order valence-electron chi connectivity index (χ4n) is 3.11. The summed E-state index contributed by atoms with van der Waals surface area (Å²) in [5, 5.41) is 20.0. The van der Waals surface area contributed by atoms with Gasteiger partial charge in [-0.2, -0.15) is 0 Å². The number of phenols is 1. The van der Waals surface area contributed by atoms with E-state index >= 15 is 0 Å². The van der Waals surface area contributed by atoms with Gasteiger partial charge in [-0.05, 0) is 61.1 Å². The van der Waals surface area contributed by atoms with E-state index in [0.29, 0.717) is 17.1 Å². The van der Waals surface area contributed by atoms with E-state index in [-0.39, 0.29) is 29.0 Å². The zero-order valence-corrected chi connectivity index (χ0v) is 20.2. The highest BCUT2D eigenvalue weighted by molar-refractivity contribution is 5.97. The molecular formula is C26H34O6. The lowest BCUT2D eigenvalue weighted by Gasteiger charge is -2.28. The van der Waals surface area contributed by atoms with Gasteiger partial charge in [-0.25, -0.2) is 4.79 Å². The highest BCUT2D eigenvalue weighted by Crippen LogP contribution is 2.41. The first-order valence-corrected chi connectivity index (χ1v) is 10.6. The van der Waals surface area contributed by atoms with Crippen molar-refractivity contribution in [3.05, 3.63) is 53.1 Å². The summed E-state index contributed by atoms with van der Waals surface area (Å²) in [7, 11) is 0. The molecule has 0 heterocycles. The Balaban J connectivity index is 2.20. The number of hydrogen-bond acceptors (Lipinski definition) is 5. The third kappa shape index (κ3) is 6.02. The lowest BCUT2D eigenvalue weighted by atomic mass is 9.79. The van der Waals surface area contributed by atoms with Crippen LogP contribution >= 0.6 is 0 Å². The number of Topliss-reactive ketones (excluding diaryl/α,β-unsaturated/α-hetero) is 1. The fraction of sp³-hybridized carbons (Fsp3) is 0.462. The van der Waals surface area contributed by atoms with Gasteiger partial charge in [0.1, 0.15) is 17.2 Å². The van der Waals surface area contributed by atoms with Crippen molar-refractivity contribution >= 4 is 11.8 Å². The van der Waals surface area contributed by atoms with Gasteiger partial charge in [0.05, 0.1) is 0 Å². The molecule has 6 nitrogen and oxygen atoms in total. The standard InChI is InChI=1S/C26H34O6/c1-24(2,3)19-13-18(14-20(22(19)28)25(4,5)6)31-15-21(27)16-9-11-17(12-10-16)32-26(7,8)23(29)30/h9-14,28H,15H2,1-8H3,(H,29,30). The molecule has 2 aromatic rings. The van der Waals surface area contributed by atoms with Gasteiger partial charge in [0.25, 0.3) is 0 Å². The molecule has 0 aliphatic carbocycles. The monoisotopic (exact) mass is 442 g/mol. The van der Waals surface area contributed by atoms with E-state index in [1.807, 2.05) is 41.5 Å². The molecule has 0 radical (unpaired) electrons. The second kappa shape index (κ2) is 8.85. The van der Waals surface area contributed by atoms with Crippen LogP contribution < -0.4 is 9.47 Å². The summed E-state index contributed by atoms with van der Waals surface area (Å²) in [4.78, 5) is 23.8. The van der Waals surface area contributed by atoms with E-state index in [2.05, 4.69) is 0 Å². The Morgan fingerprint density at radius 3 is 1.69 bits per heavy atom. The van der Waals surface area contributed by atoms with Gasteiger partial charge in [0, 0.05) is 16.7 Å². The van der Waals surface area contributed by atoms with Crippen molar-refractivity contribution < 1.29 is 29.3 Å². The molecule has 0 saturated heterocycles. The molecule has 32 heavy (non-hydrogen) atoms. The molecule has 0 aliphatic heterocycles. The van der Waals surface area contributed by atoms with E-state index < -0.39 is 11.6 Å². The van der Waals surface area contributed by atoms with Gasteiger partial charge in [-0.1, -0.05) is 41.5 Å². The van der Waals surface area contributed by atoms with Crippen molar-refractivity contribution in [1.29, 1.82) is 0 Å². The first kappa shape index (κ1) is 25.2. The molecule has 6 heteroatoms. The van der Waals surface area contributed by atoms with Crippen molar-refractivity contribution in [2.24, 2.45) is 0 Å². The fourth-order valence-corrected chi connectivity index (χ4v) is 3.11. The normalized spacial score (nSPS) is 12.4. The van der Waals surface area contributed by atoms with Gasteiger partial charge >= 0.3 is 5.97 Å². The molecule has 0 spiro atoms. The number of aromatic hydroxyl groups is 1. The third-order valence-corrected chi connectivity index (χ3v) is 5.13. The minimum absolute atomic E-state index is 0.168. The molecule has 0 aliphatic rings. The lowest BCUT2D eigenvalue weighted by Crippen LogP contribution is -2.37. The van der Waals surface area contributed by atoms with Gasteiger partial charge < -0.3 is 19.7 Å². The molecule has 0 atom stereocenters. The number of ether oxygens (including phenoxy) is 2. The number of carboxylic acids is 1. The molecule has 0 unspecified atom stereocenters. The summed E-state index contributed by atoms with van der Waals surface area (Å²) in [6, 6.07) is 9.85. The Bertz CT molecular complexity index is 953. The molecule has 0 amide bonds. The number of phenolic OH excluding ortho intramolecular Hbond substituents is 1. The molecule has 2 N–H and O–H groups in total. The van der Waals surface area contributed by atoms with Gasteiger partial charge in [0.15, 0.2) is 18.0 Å². The number of aliphatic carboxylic acids is 1. The zero-order chi connectivity index (χ0) is 24.5. The SMILES string of the molecule is CC(C)(Oc1ccc(C(=O)COc2cc(C(C)(C)C)c(O)c(C(C)(C)C)c2)cc1)C(=O)O. The van der Waals surface area contributed by atoms with Crippen LogP contribution in [0.25, 0.3) is 0 Å². The van der Waals surface area contributed by atoms with Crippen LogP contribution in [0.5, 0.6) is 17.2 Å². The molecule has 2 rings (SSSR count). The van der Waals surface area contributed by atoms with Crippen molar-refractivity contribution in [2.75, 3.05) is 6.61 Å². The Morgan fingerprint density at radius 2 is 1.28 bits per heavy atom. The summed E-state index contributed by atoms with van der Waals surface area (Å²) in [5.41, 5.74) is -0.0236. The van der Waals surface area contributed by atoms with E-state index in [9.17, 15) is 14.7 Å². The molecule has 0 fully saturated rings. The maximum Gasteiger partial charge on any atom is 0.347 e. The summed E-state index contributed by atoms with van der Waals surface area (Å²) < 4.78 is 11.3. The zero-order valence-electron chi connectivity index (χ0n) is 20.2. The summed E-state index contributed by atoms with van der Waals surface area (Å²) in [6.45, 7) is 14.8. The number of ketones is 1. The highest BCUT2D eigenvalue weighted by atomic mass is 16.5. The Morgan fingerprint density at radius 1 is 0.812 bits per heavy atom. The van der Waals surface area contributed by atoms with Crippen LogP contribution in [-0.4, -0.2) is 34.2 Å². The predicted molar refractivity (Wildman–Crippen MR) is 124 cm³/mol. The van der Waals surface area contributed by atoms with E-state index in [1.165, 1.54) is 13.8 Å². The topological polar surface area (TPSA) is 93.1 Å². The Hall–Kier alpha value is -3.02. The van der Waals surface area contributed by atoms with Crippen LogP contribution in [0.3, 0.4) is 0 Å². The molecule has 0 bridgehead atoms. The number of rotatable bonds is 7. The predicted octanol–water partition coefficient (Wildman–Crippen LogP) is 5.49. The van der Waals surface area contributed by atoms with Crippen molar-refractivity contribution in [1.82, 2.24) is 0 Å². The first-order chi connectivity index (χ1) is 14.5. The molecular weight excluding hydrogens is 408 g/mol. The van der Waals surface area contributed by atoms with Crippen molar-refractivity contribution in [2.45, 2.75) is 71.8 Å². The van der Waals surface area contributed by atoms with Crippen LogP contribution in [0.15, 0.2) is 36.4 Å². The second-order valence-electron chi connectivity index (χ2n) is 10.5. The minimum atomic E-state index is -1.37. The number of hydrogen-bond donors (Lipinski definition) is 2. The third-order valence-electron chi connectivity index (χ3n) is 5.13. The average Bonchev–Trinajstić information content (AvgIpc) is 2.65. The number of carbonyl (C=O) groups is 2.